The minimum Gasteiger partial charge on any atom is -0.496 e. The maximum Gasteiger partial charge on any atom is 0.328 e. The number of hydrogen-bond acceptors (Lipinski definition) is 5. The second-order valence-electron chi connectivity index (χ2n) is 3.94. The molecule has 1 aromatic heterocycles. The largest absolute Gasteiger partial charge is 0.496 e. The molecule has 100 valence electrons. The molecule has 6 nitrogen and oxygen atoms in total. The van der Waals surface area contributed by atoms with Gasteiger partial charge in [0.1, 0.15) is 17.6 Å². The summed E-state index contributed by atoms with van der Waals surface area (Å²) >= 11 is 0. The molecule has 19 heavy (non-hydrogen) atoms. The fourth-order valence-corrected chi connectivity index (χ4v) is 1.83. The highest BCUT2D eigenvalue weighted by molar-refractivity contribution is 5.97. The molecule has 0 radical (unpaired) electrons. The topological polar surface area (TPSA) is 91.7 Å². The second kappa shape index (κ2) is 5.53. The standard InChI is InChI=1S/C13H14N2O4/c1-19-10-4-2-3-8-5-6-14-12(11(8)10)15-9(7-16)13(17)18/h2-6,9,16H,7H2,1H3,(H,14,15)(H,17,18). The lowest BCUT2D eigenvalue weighted by Crippen LogP contribution is -2.33. The summed E-state index contributed by atoms with van der Waals surface area (Å²) in [5, 5.41) is 22.3. The highest BCUT2D eigenvalue weighted by atomic mass is 16.5. The van der Waals surface area contributed by atoms with E-state index in [4.69, 9.17) is 14.9 Å². The molecule has 0 saturated heterocycles. The zero-order chi connectivity index (χ0) is 13.8. The smallest absolute Gasteiger partial charge is 0.328 e. The normalized spacial score (nSPS) is 12.1. The van der Waals surface area contributed by atoms with Crippen molar-refractivity contribution in [3.8, 4) is 5.75 Å². The van der Waals surface area contributed by atoms with Crippen molar-refractivity contribution in [2.75, 3.05) is 19.0 Å². The first-order valence-electron chi connectivity index (χ1n) is 5.69. The molecule has 2 aromatic rings. The molecule has 0 aliphatic heterocycles. The molecule has 1 aromatic carbocycles. The summed E-state index contributed by atoms with van der Waals surface area (Å²) in [5.41, 5.74) is 0. The van der Waals surface area contributed by atoms with Gasteiger partial charge in [-0.15, -0.1) is 0 Å². The van der Waals surface area contributed by atoms with E-state index in [1.807, 2.05) is 12.1 Å². The Labute approximate surface area is 109 Å². The Bertz CT molecular complexity index is 595. The number of pyridine rings is 1. The van der Waals surface area contributed by atoms with Gasteiger partial charge in [0.25, 0.3) is 0 Å². The number of nitrogens with one attached hydrogen (secondary N) is 1. The highest BCUT2D eigenvalue weighted by Crippen LogP contribution is 2.30. The zero-order valence-corrected chi connectivity index (χ0v) is 10.3. The molecule has 1 atom stereocenters. The van der Waals surface area contributed by atoms with Crippen LogP contribution in [0.15, 0.2) is 30.5 Å². The van der Waals surface area contributed by atoms with Crippen LogP contribution in [0.3, 0.4) is 0 Å². The molecule has 0 aliphatic carbocycles. The molecule has 2 rings (SSSR count). The van der Waals surface area contributed by atoms with E-state index >= 15 is 0 Å². The summed E-state index contributed by atoms with van der Waals surface area (Å²) in [6.45, 7) is -0.525. The van der Waals surface area contributed by atoms with Gasteiger partial charge in [0.2, 0.25) is 0 Å². The van der Waals surface area contributed by atoms with Gasteiger partial charge in [-0.3, -0.25) is 0 Å². The molecule has 0 saturated carbocycles. The molecular weight excluding hydrogens is 248 g/mol. The van der Waals surface area contributed by atoms with Gasteiger partial charge in [-0.05, 0) is 17.5 Å². The minimum absolute atomic E-state index is 0.372. The molecule has 0 fully saturated rings. The number of hydrogen-bond donors (Lipinski definition) is 3. The third kappa shape index (κ3) is 2.58. The highest BCUT2D eigenvalue weighted by Gasteiger charge is 2.18. The average molecular weight is 262 g/mol. The van der Waals surface area contributed by atoms with Crippen LogP contribution in [-0.4, -0.2) is 40.9 Å². The molecule has 0 bridgehead atoms. The van der Waals surface area contributed by atoms with Crippen molar-refractivity contribution in [2.45, 2.75) is 6.04 Å². The number of anilines is 1. The molecule has 1 unspecified atom stereocenters. The number of carboxylic acid groups (broad SMARTS) is 1. The molecule has 0 amide bonds. The third-order valence-electron chi connectivity index (χ3n) is 2.76. The van der Waals surface area contributed by atoms with Crippen LogP contribution >= 0.6 is 0 Å². The van der Waals surface area contributed by atoms with Crippen molar-refractivity contribution in [3.05, 3.63) is 30.5 Å². The monoisotopic (exact) mass is 262 g/mol. The summed E-state index contributed by atoms with van der Waals surface area (Å²) in [6.07, 6.45) is 1.57. The van der Waals surface area contributed by atoms with Crippen LogP contribution in [0.1, 0.15) is 0 Å². The number of fused-ring (bicyclic) bond motifs is 1. The summed E-state index contributed by atoms with van der Waals surface area (Å²) < 4.78 is 5.25. The van der Waals surface area contributed by atoms with Crippen molar-refractivity contribution in [1.29, 1.82) is 0 Å². The Balaban J connectivity index is 2.51. The number of benzene rings is 1. The van der Waals surface area contributed by atoms with Crippen LogP contribution in [0, 0.1) is 0 Å². The van der Waals surface area contributed by atoms with Crippen LogP contribution in [0.5, 0.6) is 5.75 Å². The van der Waals surface area contributed by atoms with E-state index < -0.39 is 18.6 Å². The number of aliphatic hydroxyl groups excluding tert-OH is 1. The van der Waals surface area contributed by atoms with Crippen molar-refractivity contribution in [1.82, 2.24) is 4.98 Å². The van der Waals surface area contributed by atoms with E-state index in [0.29, 0.717) is 17.0 Å². The first kappa shape index (κ1) is 13.1. The van der Waals surface area contributed by atoms with Gasteiger partial charge in [-0.1, -0.05) is 12.1 Å². The van der Waals surface area contributed by atoms with Gasteiger partial charge >= 0.3 is 5.97 Å². The molecule has 0 aliphatic rings. The van der Waals surface area contributed by atoms with Gasteiger partial charge in [-0.25, -0.2) is 9.78 Å². The Hall–Kier alpha value is -2.34. The summed E-state index contributed by atoms with van der Waals surface area (Å²) in [5.74, 6) is -0.178. The zero-order valence-electron chi connectivity index (χ0n) is 10.3. The first-order valence-corrected chi connectivity index (χ1v) is 5.69. The number of rotatable bonds is 5. The maximum absolute atomic E-state index is 10.9. The lowest BCUT2D eigenvalue weighted by atomic mass is 10.1. The van der Waals surface area contributed by atoms with Gasteiger partial charge in [-0.2, -0.15) is 0 Å². The van der Waals surface area contributed by atoms with Crippen LogP contribution in [0.2, 0.25) is 0 Å². The number of carbonyl (C=O) groups is 1. The fraction of sp³-hybridized carbons (Fsp3) is 0.231. The number of nitrogens with zero attached hydrogens (tertiary/aromatic N) is 1. The van der Waals surface area contributed by atoms with Gasteiger partial charge in [0, 0.05) is 6.20 Å². The Morgan fingerprint density at radius 1 is 1.47 bits per heavy atom. The number of aromatic nitrogens is 1. The minimum atomic E-state index is -1.14. The molecule has 1 heterocycles. The van der Waals surface area contributed by atoms with Gasteiger partial charge < -0.3 is 20.3 Å². The number of carboxylic acids is 1. The van der Waals surface area contributed by atoms with E-state index in [2.05, 4.69) is 10.3 Å². The van der Waals surface area contributed by atoms with Crippen molar-refractivity contribution in [3.63, 3.8) is 0 Å². The molecule has 6 heteroatoms. The first-order chi connectivity index (χ1) is 9.17. The SMILES string of the molecule is COc1cccc2ccnc(NC(CO)C(=O)O)c12. The maximum atomic E-state index is 10.9. The van der Waals surface area contributed by atoms with Crippen LogP contribution in [0.4, 0.5) is 5.82 Å². The van der Waals surface area contributed by atoms with Crippen LogP contribution in [0.25, 0.3) is 10.8 Å². The number of ether oxygens (including phenoxy) is 1. The fourth-order valence-electron chi connectivity index (χ4n) is 1.83. The second-order valence-corrected chi connectivity index (χ2v) is 3.94. The van der Waals surface area contributed by atoms with Crippen molar-refractivity contribution >= 4 is 22.6 Å². The van der Waals surface area contributed by atoms with E-state index in [1.54, 1.807) is 18.3 Å². The average Bonchev–Trinajstić information content (AvgIpc) is 2.43. The van der Waals surface area contributed by atoms with Gasteiger partial charge in [0.15, 0.2) is 0 Å². The van der Waals surface area contributed by atoms with Crippen LogP contribution in [-0.2, 0) is 4.79 Å². The van der Waals surface area contributed by atoms with E-state index in [1.165, 1.54) is 7.11 Å². The Morgan fingerprint density at radius 3 is 2.89 bits per heavy atom. The Kier molecular flexibility index (Phi) is 3.82. The molecule has 3 N–H and O–H groups in total. The van der Waals surface area contributed by atoms with E-state index in [0.717, 1.165) is 5.39 Å². The lowest BCUT2D eigenvalue weighted by Gasteiger charge is -2.15. The molecular formula is C13H14N2O4. The number of aliphatic carboxylic acids is 1. The third-order valence-corrected chi connectivity index (χ3v) is 2.76. The quantitative estimate of drug-likeness (QED) is 0.747. The Morgan fingerprint density at radius 2 is 2.26 bits per heavy atom. The van der Waals surface area contributed by atoms with Gasteiger partial charge in [0.05, 0.1) is 19.1 Å². The predicted molar refractivity (Wildman–Crippen MR) is 70.4 cm³/mol. The predicted octanol–water partition coefficient (Wildman–Crippen LogP) is 1.10. The van der Waals surface area contributed by atoms with Crippen molar-refractivity contribution < 1.29 is 19.7 Å². The van der Waals surface area contributed by atoms with E-state index in [9.17, 15) is 4.79 Å². The lowest BCUT2D eigenvalue weighted by molar-refractivity contribution is -0.138. The summed E-state index contributed by atoms with van der Waals surface area (Å²) in [4.78, 5) is 15.1. The van der Waals surface area contributed by atoms with Crippen molar-refractivity contribution in [2.24, 2.45) is 0 Å². The summed E-state index contributed by atoms with van der Waals surface area (Å²) in [6, 6.07) is 6.18. The number of methoxy groups -OCH3 is 1. The molecule has 0 spiro atoms. The summed E-state index contributed by atoms with van der Waals surface area (Å²) in [7, 11) is 1.53. The van der Waals surface area contributed by atoms with E-state index in [-0.39, 0.29) is 0 Å². The number of aliphatic hydroxyl groups is 1. The van der Waals surface area contributed by atoms with Crippen LogP contribution < -0.4 is 10.1 Å².